The van der Waals surface area contributed by atoms with Crippen LogP contribution in [0.4, 0.5) is 5.69 Å². The van der Waals surface area contributed by atoms with E-state index < -0.39 is 5.41 Å². The third-order valence-electron chi connectivity index (χ3n) is 7.15. The molecule has 2 atom stereocenters. The molecule has 0 aromatic heterocycles. The second-order valence-electron chi connectivity index (χ2n) is 9.37. The molecule has 1 heterocycles. The summed E-state index contributed by atoms with van der Waals surface area (Å²) < 4.78 is 0. The first kappa shape index (κ1) is 20.6. The molecule has 5 nitrogen and oxygen atoms in total. The number of anilines is 1. The summed E-state index contributed by atoms with van der Waals surface area (Å²) in [4.78, 5) is 39.5. The van der Waals surface area contributed by atoms with E-state index in [4.69, 9.17) is 0 Å². The van der Waals surface area contributed by atoms with Crippen molar-refractivity contribution in [2.75, 3.05) is 11.9 Å². The number of benzene rings is 1. The first-order valence-corrected chi connectivity index (χ1v) is 10.3. The van der Waals surface area contributed by atoms with Gasteiger partial charge in [-0.3, -0.25) is 19.3 Å². The van der Waals surface area contributed by atoms with E-state index >= 15 is 0 Å². The summed E-state index contributed by atoms with van der Waals surface area (Å²) in [5.74, 6) is 0.134. The average molecular weight is 385 g/mol. The van der Waals surface area contributed by atoms with Gasteiger partial charge in [0, 0.05) is 24.6 Å². The molecule has 2 aliphatic rings. The van der Waals surface area contributed by atoms with Crippen LogP contribution in [0.15, 0.2) is 24.3 Å². The van der Waals surface area contributed by atoms with Crippen molar-refractivity contribution in [3.05, 3.63) is 29.8 Å². The van der Waals surface area contributed by atoms with Gasteiger partial charge in [-0.05, 0) is 48.3 Å². The first-order chi connectivity index (χ1) is 13.1. The number of nitrogens with one attached hydrogen (secondary N) is 1. The monoisotopic (exact) mass is 384 g/mol. The summed E-state index contributed by atoms with van der Waals surface area (Å²) in [5.41, 5.74) is 1.22. The van der Waals surface area contributed by atoms with Gasteiger partial charge in [-0.15, -0.1) is 0 Å². The Kier molecular flexibility index (Phi) is 5.39. The summed E-state index contributed by atoms with van der Waals surface area (Å²) in [6.07, 6.45) is 2.31. The van der Waals surface area contributed by atoms with Crippen molar-refractivity contribution in [3.63, 3.8) is 0 Å². The van der Waals surface area contributed by atoms with Gasteiger partial charge in [0.25, 0.3) is 0 Å². The van der Waals surface area contributed by atoms with Gasteiger partial charge in [-0.1, -0.05) is 46.8 Å². The van der Waals surface area contributed by atoms with E-state index in [1.165, 1.54) is 10.5 Å². The molecule has 152 valence electrons. The van der Waals surface area contributed by atoms with Crippen LogP contribution in [-0.2, 0) is 14.4 Å². The zero-order valence-electron chi connectivity index (χ0n) is 17.7. The topological polar surface area (TPSA) is 66.5 Å². The normalized spacial score (nSPS) is 26.1. The highest BCUT2D eigenvalue weighted by molar-refractivity contribution is 6.03. The summed E-state index contributed by atoms with van der Waals surface area (Å²) >= 11 is 0. The van der Waals surface area contributed by atoms with Crippen molar-refractivity contribution in [2.45, 2.75) is 66.2 Å². The fraction of sp³-hybridized carbons (Fsp3) is 0.609. The van der Waals surface area contributed by atoms with E-state index in [0.29, 0.717) is 18.9 Å². The van der Waals surface area contributed by atoms with E-state index in [1.54, 1.807) is 0 Å². The first-order valence-electron chi connectivity index (χ1n) is 10.3. The number of rotatable bonds is 6. The minimum atomic E-state index is -0.480. The number of carbonyl (C=O) groups is 3. The Morgan fingerprint density at radius 2 is 1.82 bits per heavy atom. The summed E-state index contributed by atoms with van der Waals surface area (Å²) in [5, 5.41) is 2.89. The molecule has 1 saturated carbocycles. The Balaban J connectivity index is 1.54. The Morgan fingerprint density at radius 1 is 1.18 bits per heavy atom. The average Bonchev–Trinajstić information content (AvgIpc) is 2.82. The number of fused-ring (bicyclic) bond motifs is 2. The minimum Gasteiger partial charge on any atom is -0.326 e. The molecule has 1 aromatic rings. The van der Waals surface area contributed by atoms with Crippen LogP contribution in [0.5, 0.6) is 0 Å². The Hall–Kier alpha value is -2.17. The maximum absolute atomic E-state index is 13.0. The van der Waals surface area contributed by atoms with Gasteiger partial charge >= 0.3 is 0 Å². The van der Waals surface area contributed by atoms with Crippen molar-refractivity contribution in [1.82, 2.24) is 4.90 Å². The van der Waals surface area contributed by atoms with Gasteiger partial charge in [0.15, 0.2) is 0 Å². The van der Waals surface area contributed by atoms with Gasteiger partial charge in [0.1, 0.15) is 0 Å². The molecule has 0 spiro atoms. The zero-order valence-corrected chi connectivity index (χ0v) is 17.7. The molecular weight excluding hydrogens is 352 g/mol. The standard InChI is InChI=1S/C23H32N2O3/c1-15(2)16-8-10-17(11-9-16)24-19(26)7-6-14-25-20(27)18-12-13-23(5,21(25)28)22(18,3)4/h8-11,15,18H,6-7,12-14H2,1-5H3,(H,24,26). The molecule has 1 N–H and O–H groups in total. The van der Waals surface area contributed by atoms with Crippen LogP contribution in [0.2, 0.25) is 0 Å². The number of carbonyl (C=O) groups excluding carboxylic acids is 3. The van der Waals surface area contributed by atoms with E-state index in [1.807, 2.05) is 45.0 Å². The van der Waals surface area contributed by atoms with Gasteiger partial charge in [-0.25, -0.2) is 0 Å². The van der Waals surface area contributed by atoms with Crippen LogP contribution < -0.4 is 5.32 Å². The third-order valence-corrected chi connectivity index (χ3v) is 7.15. The quantitative estimate of drug-likeness (QED) is 0.742. The van der Waals surface area contributed by atoms with Crippen molar-refractivity contribution < 1.29 is 14.4 Å². The van der Waals surface area contributed by atoms with Crippen LogP contribution >= 0.6 is 0 Å². The predicted molar refractivity (Wildman–Crippen MR) is 110 cm³/mol. The van der Waals surface area contributed by atoms with Crippen LogP contribution in [0.3, 0.4) is 0 Å². The van der Waals surface area contributed by atoms with Gasteiger partial charge in [-0.2, -0.15) is 0 Å². The second kappa shape index (κ2) is 7.34. The number of hydrogen-bond donors (Lipinski definition) is 1. The molecule has 1 saturated heterocycles. The highest BCUT2D eigenvalue weighted by Crippen LogP contribution is 2.60. The van der Waals surface area contributed by atoms with E-state index in [2.05, 4.69) is 19.2 Å². The molecule has 2 fully saturated rings. The van der Waals surface area contributed by atoms with Crippen molar-refractivity contribution in [2.24, 2.45) is 16.7 Å². The molecule has 2 unspecified atom stereocenters. The molecule has 3 amide bonds. The van der Waals surface area contributed by atoms with Crippen molar-refractivity contribution in [3.8, 4) is 0 Å². The van der Waals surface area contributed by atoms with Crippen LogP contribution in [0, 0.1) is 16.7 Å². The molecule has 1 aliphatic carbocycles. The number of amides is 3. The highest BCUT2D eigenvalue weighted by Gasteiger charge is 2.64. The van der Waals surface area contributed by atoms with Crippen molar-refractivity contribution >= 4 is 23.4 Å². The number of piperidine rings is 1. The fourth-order valence-electron chi connectivity index (χ4n) is 4.69. The fourth-order valence-corrected chi connectivity index (χ4v) is 4.69. The molecule has 3 rings (SSSR count). The maximum atomic E-state index is 13.0. The van der Waals surface area contributed by atoms with Gasteiger partial charge in [0.2, 0.25) is 17.7 Å². The number of nitrogens with zero attached hydrogens (tertiary/aromatic N) is 1. The third kappa shape index (κ3) is 3.36. The number of likely N-dealkylation sites (tertiary alicyclic amines) is 1. The summed E-state index contributed by atoms with van der Waals surface area (Å²) in [6.45, 7) is 10.6. The molecule has 0 radical (unpaired) electrons. The number of hydrogen-bond acceptors (Lipinski definition) is 3. The van der Waals surface area contributed by atoms with E-state index in [9.17, 15) is 14.4 Å². The predicted octanol–water partition coefficient (Wildman–Crippen LogP) is 4.34. The van der Waals surface area contributed by atoms with E-state index in [-0.39, 0.29) is 35.5 Å². The SMILES string of the molecule is CC(C)c1ccc(NC(=O)CCCN2C(=O)C3CCC(C)(C2=O)C3(C)C)cc1. The molecule has 2 bridgehead atoms. The van der Waals surface area contributed by atoms with E-state index in [0.717, 1.165) is 18.5 Å². The molecular formula is C23H32N2O3. The second-order valence-corrected chi connectivity index (χ2v) is 9.37. The summed E-state index contributed by atoms with van der Waals surface area (Å²) in [6, 6.07) is 7.85. The minimum absolute atomic E-state index is 0.0605. The molecule has 5 heteroatoms. The maximum Gasteiger partial charge on any atom is 0.235 e. The zero-order chi connectivity index (χ0) is 20.7. The molecule has 1 aromatic carbocycles. The van der Waals surface area contributed by atoms with Gasteiger partial charge in [0.05, 0.1) is 5.41 Å². The lowest BCUT2D eigenvalue weighted by Crippen LogP contribution is -2.59. The number of imide groups is 1. The highest BCUT2D eigenvalue weighted by atomic mass is 16.2. The van der Waals surface area contributed by atoms with Gasteiger partial charge < -0.3 is 5.32 Å². The van der Waals surface area contributed by atoms with Crippen LogP contribution in [0.1, 0.15) is 71.8 Å². The Morgan fingerprint density at radius 3 is 2.43 bits per heavy atom. The smallest absolute Gasteiger partial charge is 0.235 e. The Labute approximate surface area is 167 Å². The largest absolute Gasteiger partial charge is 0.326 e. The molecule has 1 aliphatic heterocycles. The Bertz CT molecular complexity index is 782. The van der Waals surface area contributed by atoms with Crippen molar-refractivity contribution in [1.29, 1.82) is 0 Å². The summed E-state index contributed by atoms with van der Waals surface area (Å²) in [7, 11) is 0. The molecule has 28 heavy (non-hydrogen) atoms. The van der Waals surface area contributed by atoms with Crippen LogP contribution in [0.25, 0.3) is 0 Å². The lowest BCUT2D eigenvalue weighted by Gasteiger charge is -2.47. The van der Waals surface area contributed by atoms with Crippen LogP contribution in [-0.4, -0.2) is 29.2 Å². The lowest BCUT2D eigenvalue weighted by atomic mass is 9.62. The lowest BCUT2D eigenvalue weighted by molar-refractivity contribution is -0.168.